The Morgan fingerprint density at radius 1 is 1.19 bits per heavy atom. The van der Waals surface area contributed by atoms with Crippen molar-refractivity contribution in [3.8, 4) is 11.5 Å². The fourth-order valence-electron chi connectivity index (χ4n) is 3.94. The number of aromatic amines is 1. The van der Waals surface area contributed by atoms with E-state index in [9.17, 15) is 9.59 Å². The number of benzene rings is 2. The van der Waals surface area contributed by atoms with Gasteiger partial charge in [0.25, 0.3) is 11.1 Å². The third-order valence-electron chi connectivity index (χ3n) is 5.51. The minimum Gasteiger partial charge on any atom is -0.411 e. The number of hydrogen-bond acceptors (Lipinski definition) is 6. The van der Waals surface area contributed by atoms with Gasteiger partial charge in [0, 0.05) is 41.8 Å². The van der Waals surface area contributed by atoms with Crippen LogP contribution in [0.1, 0.15) is 29.8 Å². The molecule has 1 N–H and O–H groups in total. The van der Waals surface area contributed by atoms with Crippen molar-refractivity contribution < 1.29 is 14.0 Å². The third-order valence-corrected chi connectivity index (χ3v) is 6.45. The summed E-state index contributed by atoms with van der Waals surface area (Å²) in [5, 5.41) is 9.24. The van der Waals surface area contributed by atoms with Gasteiger partial charge in [-0.25, -0.2) is 0 Å². The molecule has 0 aliphatic carbocycles. The number of hydrogen-bond donors (Lipinski definition) is 1. The second-order valence-electron chi connectivity index (χ2n) is 7.51. The fourth-order valence-corrected chi connectivity index (χ4v) is 4.70. The van der Waals surface area contributed by atoms with Crippen LogP contribution in [0.15, 0.2) is 58.3 Å². The Morgan fingerprint density at radius 2 is 2.03 bits per heavy atom. The van der Waals surface area contributed by atoms with Gasteiger partial charge in [0.15, 0.2) is 5.78 Å². The smallest absolute Gasteiger partial charge is 0.277 e. The zero-order valence-corrected chi connectivity index (χ0v) is 17.9. The number of aromatic nitrogens is 3. The van der Waals surface area contributed by atoms with Crippen LogP contribution in [0.2, 0.25) is 0 Å². The SMILES string of the molecule is CC(=O)N1CCc2cc(C(=O)C(C)Sc3nnc(-c4c[nH]c5ccccc45)o3)ccc21. The Bertz CT molecular complexity index is 1310. The van der Waals surface area contributed by atoms with Crippen molar-refractivity contribution >= 4 is 40.0 Å². The number of rotatable bonds is 5. The van der Waals surface area contributed by atoms with Crippen LogP contribution in [0.25, 0.3) is 22.4 Å². The first-order valence-electron chi connectivity index (χ1n) is 10.0. The van der Waals surface area contributed by atoms with Crippen LogP contribution < -0.4 is 4.90 Å². The molecule has 2 aromatic carbocycles. The van der Waals surface area contributed by atoms with Gasteiger partial charge < -0.3 is 14.3 Å². The van der Waals surface area contributed by atoms with E-state index in [1.165, 1.54) is 11.8 Å². The van der Waals surface area contributed by atoms with Crippen molar-refractivity contribution in [1.82, 2.24) is 15.2 Å². The van der Waals surface area contributed by atoms with Crippen molar-refractivity contribution in [3.05, 3.63) is 59.8 Å². The van der Waals surface area contributed by atoms with Crippen LogP contribution in [-0.2, 0) is 11.2 Å². The molecule has 2 aromatic heterocycles. The fraction of sp³-hybridized carbons (Fsp3) is 0.217. The molecule has 4 aromatic rings. The maximum atomic E-state index is 13.0. The summed E-state index contributed by atoms with van der Waals surface area (Å²) in [7, 11) is 0. The van der Waals surface area contributed by atoms with Gasteiger partial charge in [0.1, 0.15) is 0 Å². The highest BCUT2D eigenvalue weighted by atomic mass is 32.2. The maximum Gasteiger partial charge on any atom is 0.277 e. The molecule has 1 atom stereocenters. The Kier molecular flexibility index (Phi) is 4.86. The largest absolute Gasteiger partial charge is 0.411 e. The summed E-state index contributed by atoms with van der Waals surface area (Å²) < 4.78 is 5.83. The first-order chi connectivity index (χ1) is 15.0. The van der Waals surface area contributed by atoms with E-state index in [-0.39, 0.29) is 16.9 Å². The topological polar surface area (TPSA) is 92.1 Å². The number of Topliss-reactive ketones (excluding diaryl/α,β-unsaturated/α-hetero) is 1. The number of ketones is 1. The van der Waals surface area contributed by atoms with Crippen LogP contribution in [0.3, 0.4) is 0 Å². The molecule has 0 bridgehead atoms. The molecular formula is C23H20N4O3S. The predicted octanol–water partition coefficient (Wildman–Crippen LogP) is 4.49. The summed E-state index contributed by atoms with van der Waals surface area (Å²) in [6.45, 7) is 4.05. The van der Waals surface area contributed by atoms with Crippen molar-refractivity contribution in [2.45, 2.75) is 30.7 Å². The molecule has 5 rings (SSSR count). The number of carbonyl (C=O) groups excluding carboxylic acids is 2. The van der Waals surface area contributed by atoms with Gasteiger partial charge in [0.05, 0.1) is 10.8 Å². The molecule has 8 heteroatoms. The van der Waals surface area contributed by atoms with Crippen LogP contribution in [0.5, 0.6) is 0 Å². The van der Waals surface area contributed by atoms with Crippen molar-refractivity contribution in [1.29, 1.82) is 0 Å². The summed E-state index contributed by atoms with van der Waals surface area (Å²) in [6, 6.07) is 13.4. The Balaban J connectivity index is 1.32. The molecule has 0 radical (unpaired) electrons. The van der Waals surface area contributed by atoms with E-state index >= 15 is 0 Å². The molecule has 1 aliphatic heterocycles. The van der Waals surface area contributed by atoms with E-state index in [1.807, 2.05) is 49.5 Å². The van der Waals surface area contributed by atoms with Crippen LogP contribution >= 0.6 is 11.8 Å². The lowest BCUT2D eigenvalue weighted by Gasteiger charge is -2.15. The van der Waals surface area contributed by atoms with Gasteiger partial charge in [-0.05, 0) is 43.2 Å². The van der Waals surface area contributed by atoms with Gasteiger partial charge in [0.2, 0.25) is 5.91 Å². The summed E-state index contributed by atoms with van der Waals surface area (Å²) in [4.78, 5) is 29.6. The number of thioether (sulfide) groups is 1. The summed E-state index contributed by atoms with van der Waals surface area (Å²) in [5.74, 6) is 0.423. The minimum absolute atomic E-state index is 0.0130. The Labute approximate surface area is 182 Å². The molecule has 1 unspecified atom stereocenters. The molecule has 0 spiro atoms. The molecular weight excluding hydrogens is 412 g/mol. The maximum absolute atomic E-state index is 13.0. The lowest BCUT2D eigenvalue weighted by molar-refractivity contribution is -0.116. The second-order valence-corrected chi connectivity index (χ2v) is 8.80. The quantitative estimate of drug-likeness (QED) is 0.369. The average Bonchev–Trinajstić information content (AvgIpc) is 3.50. The molecule has 3 heterocycles. The number of carbonyl (C=O) groups is 2. The van der Waals surface area contributed by atoms with E-state index in [1.54, 1.807) is 17.9 Å². The van der Waals surface area contributed by atoms with Gasteiger partial charge in [-0.1, -0.05) is 30.0 Å². The zero-order chi connectivity index (χ0) is 21.5. The highest BCUT2D eigenvalue weighted by molar-refractivity contribution is 8.00. The zero-order valence-electron chi connectivity index (χ0n) is 17.1. The van der Waals surface area contributed by atoms with E-state index < -0.39 is 0 Å². The summed E-state index contributed by atoms with van der Waals surface area (Å²) in [6.07, 6.45) is 2.60. The lowest BCUT2D eigenvalue weighted by Crippen LogP contribution is -2.25. The van der Waals surface area contributed by atoms with E-state index in [0.717, 1.165) is 34.1 Å². The molecule has 0 fully saturated rings. The predicted molar refractivity (Wildman–Crippen MR) is 119 cm³/mol. The standard InChI is InChI=1S/C23H20N4O3S/c1-13(21(29)16-7-8-20-15(11-16)9-10-27(20)14(2)28)31-23-26-25-22(30-23)18-12-24-19-6-4-3-5-17(18)19/h3-8,11-13,24H,9-10H2,1-2H3. The number of H-pyrrole nitrogens is 1. The van der Waals surface area contributed by atoms with Crippen molar-refractivity contribution in [3.63, 3.8) is 0 Å². The summed E-state index contributed by atoms with van der Waals surface area (Å²) in [5.41, 5.74) is 4.37. The highest BCUT2D eigenvalue weighted by Gasteiger charge is 2.25. The van der Waals surface area contributed by atoms with Crippen LogP contribution in [0, 0.1) is 0 Å². The number of amides is 1. The first-order valence-corrected chi connectivity index (χ1v) is 10.9. The number of para-hydroxylation sites is 1. The number of nitrogens with one attached hydrogen (secondary N) is 1. The Morgan fingerprint density at radius 3 is 2.87 bits per heavy atom. The van der Waals surface area contributed by atoms with Gasteiger partial charge >= 0.3 is 0 Å². The van der Waals surface area contributed by atoms with E-state index in [2.05, 4.69) is 15.2 Å². The molecule has 1 amide bonds. The molecule has 31 heavy (non-hydrogen) atoms. The highest BCUT2D eigenvalue weighted by Crippen LogP contribution is 2.33. The van der Waals surface area contributed by atoms with Crippen molar-refractivity contribution in [2.75, 3.05) is 11.4 Å². The van der Waals surface area contributed by atoms with Crippen LogP contribution in [-0.4, -0.2) is 38.7 Å². The molecule has 156 valence electrons. The number of anilines is 1. The van der Waals surface area contributed by atoms with Gasteiger partial charge in [-0.3, -0.25) is 9.59 Å². The number of nitrogens with zero attached hydrogens (tertiary/aromatic N) is 3. The van der Waals surface area contributed by atoms with Crippen LogP contribution in [0.4, 0.5) is 5.69 Å². The monoisotopic (exact) mass is 432 g/mol. The first kappa shape index (κ1) is 19.6. The Hall–Kier alpha value is -3.39. The number of fused-ring (bicyclic) bond motifs is 2. The van der Waals surface area contributed by atoms with E-state index in [0.29, 0.717) is 23.2 Å². The van der Waals surface area contributed by atoms with Gasteiger partial charge in [-0.2, -0.15) is 0 Å². The third kappa shape index (κ3) is 3.53. The molecule has 7 nitrogen and oxygen atoms in total. The molecule has 0 saturated heterocycles. The van der Waals surface area contributed by atoms with E-state index in [4.69, 9.17) is 4.42 Å². The van der Waals surface area contributed by atoms with Crippen molar-refractivity contribution in [2.24, 2.45) is 0 Å². The minimum atomic E-state index is -0.389. The normalized spacial score (nSPS) is 14.1. The average molecular weight is 433 g/mol. The lowest BCUT2D eigenvalue weighted by atomic mass is 10.0. The molecule has 0 saturated carbocycles. The van der Waals surface area contributed by atoms with Gasteiger partial charge in [-0.15, -0.1) is 10.2 Å². The summed E-state index contributed by atoms with van der Waals surface area (Å²) >= 11 is 1.24. The second kappa shape index (κ2) is 7.70. The molecule has 1 aliphatic rings.